The fourth-order valence-corrected chi connectivity index (χ4v) is 5.51. The molecule has 4 heterocycles. The number of anilines is 2. The molecule has 0 aliphatic carbocycles. The third-order valence-corrected chi connectivity index (χ3v) is 6.97. The standard InChI is InChI=1S/C19H18N2O7S2/c1-27-19(26)9-5-7-30-17(9)20-14(22)8-4-6-29-16(8)21-15(23)12-10-2-3-11(28-10)13(12)18(24)25/h4-7,10-13H,2-3H2,1H3,(H,20,22)(H,21,23)(H,24,25)/t10-,11-,12+,13+/m1/s1. The zero-order valence-electron chi connectivity index (χ0n) is 15.7. The highest BCUT2D eigenvalue weighted by Crippen LogP contribution is 2.44. The molecule has 30 heavy (non-hydrogen) atoms. The van der Waals surface area contributed by atoms with Gasteiger partial charge in [-0.2, -0.15) is 0 Å². The Morgan fingerprint density at radius 2 is 1.60 bits per heavy atom. The van der Waals surface area contributed by atoms with Crippen molar-refractivity contribution in [1.82, 2.24) is 0 Å². The first-order valence-corrected chi connectivity index (χ1v) is 10.9. The second-order valence-corrected chi connectivity index (χ2v) is 8.77. The molecule has 2 saturated heterocycles. The number of amides is 2. The summed E-state index contributed by atoms with van der Waals surface area (Å²) < 4.78 is 10.3. The molecule has 9 nitrogen and oxygen atoms in total. The normalized spacial score (nSPS) is 24.4. The molecule has 0 unspecified atom stereocenters. The van der Waals surface area contributed by atoms with Crippen LogP contribution in [0, 0.1) is 11.8 Å². The summed E-state index contributed by atoms with van der Waals surface area (Å²) in [5.41, 5.74) is 0.452. The summed E-state index contributed by atoms with van der Waals surface area (Å²) in [7, 11) is 1.25. The molecule has 2 aliphatic rings. The van der Waals surface area contributed by atoms with Gasteiger partial charge in [-0.15, -0.1) is 22.7 Å². The van der Waals surface area contributed by atoms with E-state index in [1.807, 2.05) is 0 Å². The number of methoxy groups -OCH3 is 1. The summed E-state index contributed by atoms with van der Waals surface area (Å²) in [6.45, 7) is 0. The lowest BCUT2D eigenvalue weighted by Gasteiger charge is -2.23. The molecule has 0 saturated carbocycles. The number of aliphatic carboxylic acids is 1. The van der Waals surface area contributed by atoms with Crippen LogP contribution in [-0.2, 0) is 19.1 Å². The second kappa shape index (κ2) is 8.17. The van der Waals surface area contributed by atoms with Gasteiger partial charge in [-0.05, 0) is 35.7 Å². The third kappa shape index (κ3) is 3.59. The van der Waals surface area contributed by atoms with Crippen LogP contribution in [0.5, 0.6) is 0 Å². The SMILES string of the molecule is COC(=O)c1ccsc1NC(=O)c1ccsc1NC(=O)[C@@H]1[C@@H](C(=O)O)[C@H]2CC[C@H]1O2. The lowest BCUT2D eigenvalue weighted by atomic mass is 9.79. The van der Waals surface area contributed by atoms with Gasteiger partial charge < -0.3 is 25.2 Å². The lowest BCUT2D eigenvalue weighted by molar-refractivity contribution is -0.147. The Bertz CT molecular complexity index is 1010. The van der Waals surface area contributed by atoms with E-state index in [1.165, 1.54) is 18.4 Å². The van der Waals surface area contributed by atoms with E-state index in [0.29, 0.717) is 22.8 Å². The summed E-state index contributed by atoms with van der Waals surface area (Å²) in [5, 5.41) is 18.8. The van der Waals surface area contributed by atoms with Gasteiger partial charge in [-0.1, -0.05) is 0 Å². The van der Waals surface area contributed by atoms with Gasteiger partial charge in [0.25, 0.3) is 5.91 Å². The summed E-state index contributed by atoms with van der Waals surface area (Å²) in [4.78, 5) is 49.0. The molecule has 2 aliphatic heterocycles. The van der Waals surface area contributed by atoms with E-state index in [0.717, 1.165) is 11.3 Å². The van der Waals surface area contributed by atoms with Crippen LogP contribution < -0.4 is 10.6 Å². The quantitative estimate of drug-likeness (QED) is 0.577. The monoisotopic (exact) mass is 450 g/mol. The molecule has 2 fully saturated rings. The molecule has 0 spiro atoms. The minimum atomic E-state index is -1.06. The number of nitrogens with one attached hydrogen (secondary N) is 2. The van der Waals surface area contributed by atoms with Crippen LogP contribution >= 0.6 is 22.7 Å². The van der Waals surface area contributed by atoms with E-state index in [2.05, 4.69) is 10.6 Å². The minimum absolute atomic E-state index is 0.216. The number of carbonyl (C=O) groups excluding carboxylic acids is 3. The Balaban J connectivity index is 1.49. The topological polar surface area (TPSA) is 131 Å². The number of ether oxygens (including phenoxy) is 2. The number of carbonyl (C=O) groups is 4. The molecule has 4 rings (SSSR count). The van der Waals surface area contributed by atoms with Crippen molar-refractivity contribution in [2.75, 3.05) is 17.7 Å². The Morgan fingerprint density at radius 1 is 1.00 bits per heavy atom. The van der Waals surface area contributed by atoms with Crippen LogP contribution in [0.25, 0.3) is 0 Å². The van der Waals surface area contributed by atoms with Crippen molar-refractivity contribution in [3.63, 3.8) is 0 Å². The number of rotatable bonds is 6. The van der Waals surface area contributed by atoms with Gasteiger partial charge in [-0.3, -0.25) is 14.4 Å². The Hall–Kier alpha value is -2.76. The molecule has 158 valence electrons. The third-order valence-electron chi connectivity index (χ3n) is 5.31. The van der Waals surface area contributed by atoms with Gasteiger partial charge in [-0.25, -0.2) is 4.79 Å². The zero-order valence-corrected chi connectivity index (χ0v) is 17.4. The van der Waals surface area contributed by atoms with Crippen LogP contribution in [0.4, 0.5) is 10.0 Å². The van der Waals surface area contributed by atoms with Crippen molar-refractivity contribution >= 4 is 56.4 Å². The Labute approximate surface area is 179 Å². The smallest absolute Gasteiger partial charge is 0.340 e. The predicted molar refractivity (Wildman–Crippen MR) is 109 cm³/mol. The number of esters is 1. The number of thiophene rings is 2. The van der Waals surface area contributed by atoms with Gasteiger partial charge >= 0.3 is 11.9 Å². The predicted octanol–water partition coefficient (Wildman–Crippen LogP) is 2.67. The van der Waals surface area contributed by atoms with Crippen molar-refractivity contribution in [3.05, 3.63) is 34.0 Å². The van der Waals surface area contributed by atoms with Gasteiger partial charge in [0.05, 0.1) is 42.3 Å². The summed E-state index contributed by atoms with van der Waals surface area (Å²) >= 11 is 2.33. The maximum Gasteiger partial charge on any atom is 0.340 e. The molecule has 2 amide bonds. The molecule has 2 bridgehead atoms. The molecule has 0 aromatic carbocycles. The highest BCUT2D eigenvalue weighted by Gasteiger charge is 2.55. The number of hydrogen-bond donors (Lipinski definition) is 3. The first-order valence-electron chi connectivity index (χ1n) is 9.14. The van der Waals surface area contributed by atoms with Crippen molar-refractivity contribution in [1.29, 1.82) is 0 Å². The largest absolute Gasteiger partial charge is 0.481 e. The summed E-state index contributed by atoms with van der Waals surface area (Å²) in [5.74, 6) is -4.30. The van der Waals surface area contributed by atoms with Gasteiger partial charge in [0, 0.05) is 0 Å². The maximum atomic E-state index is 12.9. The number of carboxylic acid groups (broad SMARTS) is 1. The molecule has 2 aromatic rings. The van der Waals surface area contributed by atoms with E-state index < -0.39 is 47.8 Å². The van der Waals surface area contributed by atoms with Crippen LogP contribution in [0.15, 0.2) is 22.9 Å². The highest BCUT2D eigenvalue weighted by atomic mass is 32.1. The maximum absolute atomic E-state index is 12.9. The fraction of sp³-hybridized carbons (Fsp3) is 0.368. The van der Waals surface area contributed by atoms with E-state index >= 15 is 0 Å². The molecular weight excluding hydrogens is 432 g/mol. The van der Waals surface area contributed by atoms with Crippen LogP contribution in [-0.4, -0.2) is 48.2 Å². The van der Waals surface area contributed by atoms with Crippen LogP contribution in [0.1, 0.15) is 33.6 Å². The van der Waals surface area contributed by atoms with Crippen molar-refractivity contribution in [3.8, 4) is 0 Å². The molecule has 11 heteroatoms. The minimum Gasteiger partial charge on any atom is -0.481 e. The number of fused-ring (bicyclic) bond motifs is 2. The first-order chi connectivity index (χ1) is 14.4. The van der Waals surface area contributed by atoms with E-state index in [-0.39, 0.29) is 11.1 Å². The van der Waals surface area contributed by atoms with Gasteiger partial charge in [0.1, 0.15) is 10.0 Å². The summed E-state index contributed by atoms with van der Waals surface area (Å²) in [6, 6.07) is 3.09. The lowest BCUT2D eigenvalue weighted by Crippen LogP contribution is -2.41. The van der Waals surface area contributed by atoms with E-state index in [1.54, 1.807) is 22.9 Å². The molecular formula is C19H18N2O7S2. The van der Waals surface area contributed by atoms with Crippen molar-refractivity contribution in [2.24, 2.45) is 11.8 Å². The van der Waals surface area contributed by atoms with Gasteiger partial charge in [0.15, 0.2) is 0 Å². The molecule has 0 radical (unpaired) electrons. The van der Waals surface area contributed by atoms with Gasteiger partial charge in [0.2, 0.25) is 5.91 Å². The Morgan fingerprint density at radius 3 is 2.23 bits per heavy atom. The van der Waals surface area contributed by atoms with Crippen molar-refractivity contribution < 1.29 is 33.8 Å². The molecule has 3 N–H and O–H groups in total. The van der Waals surface area contributed by atoms with Crippen LogP contribution in [0.3, 0.4) is 0 Å². The molecule has 4 atom stereocenters. The zero-order chi connectivity index (χ0) is 21.4. The molecule has 2 aromatic heterocycles. The summed E-state index contributed by atoms with van der Waals surface area (Å²) in [6.07, 6.45) is 0.382. The van der Waals surface area contributed by atoms with Crippen molar-refractivity contribution in [2.45, 2.75) is 25.0 Å². The second-order valence-electron chi connectivity index (χ2n) is 6.94. The fourth-order valence-electron chi connectivity index (χ4n) is 3.95. The first kappa shape index (κ1) is 20.5. The van der Waals surface area contributed by atoms with E-state index in [9.17, 15) is 24.3 Å². The average molecular weight is 450 g/mol. The number of hydrogen-bond acceptors (Lipinski definition) is 8. The highest BCUT2D eigenvalue weighted by molar-refractivity contribution is 7.15. The average Bonchev–Trinajstić information content (AvgIpc) is 3.50. The number of carboxylic acids is 1. The Kier molecular flexibility index (Phi) is 5.58. The van der Waals surface area contributed by atoms with E-state index in [4.69, 9.17) is 9.47 Å². The van der Waals surface area contributed by atoms with Crippen LogP contribution in [0.2, 0.25) is 0 Å².